The van der Waals surface area contributed by atoms with Crippen LogP contribution in [0.2, 0.25) is 0 Å². The lowest BCUT2D eigenvalue weighted by atomic mass is 10.1. The van der Waals surface area contributed by atoms with Crippen molar-refractivity contribution >= 4 is 12.0 Å². The van der Waals surface area contributed by atoms with E-state index in [-0.39, 0.29) is 12.2 Å². The van der Waals surface area contributed by atoms with Gasteiger partial charge in [-0.1, -0.05) is 42.5 Å². The number of carbonyl (C=O) groups is 1. The van der Waals surface area contributed by atoms with E-state index in [1.54, 1.807) is 18.2 Å². The highest BCUT2D eigenvalue weighted by molar-refractivity contribution is 5.98. The predicted octanol–water partition coefficient (Wildman–Crippen LogP) is 3.35. The molecule has 0 saturated carbocycles. The molecule has 0 aliphatic heterocycles. The van der Waals surface area contributed by atoms with Crippen molar-refractivity contribution in [3.8, 4) is 17.6 Å². The largest absolute Gasteiger partial charge is 0.493 e. The third-order valence-corrected chi connectivity index (χ3v) is 3.29. The number of nitriles is 1. The molecule has 2 aromatic carbocycles. The van der Waals surface area contributed by atoms with Crippen molar-refractivity contribution in [2.24, 2.45) is 0 Å². The summed E-state index contributed by atoms with van der Waals surface area (Å²) in [6.07, 6.45) is 1.43. The monoisotopic (exact) mass is 323 g/mol. The molecular weight excluding hydrogens is 306 g/mol. The van der Waals surface area contributed by atoms with Crippen LogP contribution in [0.4, 0.5) is 0 Å². The fourth-order valence-electron chi connectivity index (χ4n) is 2.12. The summed E-state index contributed by atoms with van der Waals surface area (Å²) in [5.74, 6) is 0.274. The Morgan fingerprint density at radius 3 is 2.46 bits per heavy atom. The maximum Gasteiger partial charge on any atom is 0.349 e. The van der Waals surface area contributed by atoms with Crippen molar-refractivity contribution in [2.75, 3.05) is 14.2 Å². The fourth-order valence-corrected chi connectivity index (χ4v) is 2.12. The Morgan fingerprint density at radius 2 is 1.83 bits per heavy atom. The van der Waals surface area contributed by atoms with E-state index in [4.69, 9.17) is 14.2 Å². The average molecular weight is 323 g/mol. The molecule has 0 atom stereocenters. The van der Waals surface area contributed by atoms with Gasteiger partial charge >= 0.3 is 5.97 Å². The van der Waals surface area contributed by atoms with Crippen molar-refractivity contribution in [3.05, 3.63) is 65.2 Å². The van der Waals surface area contributed by atoms with Gasteiger partial charge in [-0.05, 0) is 17.7 Å². The SMILES string of the molecule is COc1cccc(C=C(C#N)C(=O)OCc2ccccc2)c1OC. The van der Waals surface area contributed by atoms with Crippen LogP contribution in [-0.4, -0.2) is 20.2 Å². The van der Waals surface area contributed by atoms with Gasteiger partial charge in [0.25, 0.3) is 0 Å². The summed E-state index contributed by atoms with van der Waals surface area (Å²) in [4.78, 5) is 12.1. The molecule has 5 nitrogen and oxygen atoms in total. The molecule has 0 aromatic heterocycles. The molecule has 5 heteroatoms. The van der Waals surface area contributed by atoms with Gasteiger partial charge in [-0.25, -0.2) is 4.79 Å². The first kappa shape index (κ1) is 17.1. The molecule has 0 aliphatic carbocycles. The highest BCUT2D eigenvalue weighted by Gasteiger charge is 2.14. The minimum atomic E-state index is -0.689. The lowest BCUT2D eigenvalue weighted by Crippen LogP contribution is -2.07. The van der Waals surface area contributed by atoms with Crippen molar-refractivity contribution in [1.82, 2.24) is 0 Å². The molecule has 0 fully saturated rings. The van der Waals surface area contributed by atoms with Crippen LogP contribution in [0.15, 0.2) is 54.1 Å². The maximum atomic E-state index is 12.1. The summed E-state index contributed by atoms with van der Waals surface area (Å²) in [7, 11) is 3.01. The zero-order valence-electron chi connectivity index (χ0n) is 13.5. The maximum absolute atomic E-state index is 12.1. The van der Waals surface area contributed by atoms with E-state index in [1.807, 2.05) is 36.4 Å². The van der Waals surface area contributed by atoms with Crippen LogP contribution in [0.1, 0.15) is 11.1 Å². The Labute approximate surface area is 140 Å². The first-order valence-corrected chi connectivity index (χ1v) is 7.23. The number of ether oxygens (including phenoxy) is 3. The van der Waals surface area contributed by atoms with Crippen LogP contribution >= 0.6 is 0 Å². The Morgan fingerprint density at radius 1 is 1.08 bits per heavy atom. The summed E-state index contributed by atoms with van der Waals surface area (Å²) >= 11 is 0. The Kier molecular flexibility index (Phi) is 5.98. The third kappa shape index (κ3) is 4.14. The molecular formula is C19H17NO4. The summed E-state index contributed by atoms with van der Waals surface area (Å²) in [5.41, 5.74) is 1.30. The Hall–Kier alpha value is -3.26. The first-order valence-electron chi connectivity index (χ1n) is 7.23. The number of carbonyl (C=O) groups excluding carboxylic acids is 1. The van der Waals surface area contributed by atoms with E-state index in [2.05, 4.69) is 0 Å². The minimum absolute atomic E-state index is 0.105. The number of para-hydroxylation sites is 1. The van der Waals surface area contributed by atoms with Gasteiger partial charge in [0.15, 0.2) is 11.5 Å². The van der Waals surface area contributed by atoms with Gasteiger partial charge in [0.1, 0.15) is 18.2 Å². The molecule has 0 amide bonds. The first-order chi connectivity index (χ1) is 11.7. The van der Waals surface area contributed by atoms with E-state index in [0.29, 0.717) is 17.1 Å². The normalized spacial score (nSPS) is 10.6. The van der Waals surface area contributed by atoms with Crippen molar-refractivity contribution in [1.29, 1.82) is 5.26 Å². The number of nitrogens with zero attached hydrogens (tertiary/aromatic N) is 1. The van der Waals surface area contributed by atoms with Gasteiger partial charge < -0.3 is 14.2 Å². The molecule has 24 heavy (non-hydrogen) atoms. The zero-order chi connectivity index (χ0) is 17.4. The molecule has 0 spiro atoms. The highest BCUT2D eigenvalue weighted by atomic mass is 16.5. The Bertz CT molecular complexity index is 776. The average Bonchev–Trinajstić information content (AvgIpc) is 2.64. The molecule has 0 saturated heterocycles. The number of hydrogen-bond acceptors (Lipinski definition) is 5. The van der Waals surface area contributed by atoms with Gasteiger partial charge in [0.2, 0.25) is 0 Å². The van der Waals surface area contributed by atoms with E-state index in [0.717, 1.165) is 5.56 Å². The molecule has 0 bridgehead atoms. The number of esters is 1. The number of rotatable bonds is 6. The second kappa shape index (κ2) is 8.39. The van der Waals surface area contributed by atoms with Crippen molar-refractivity contribution in [3.63, 3.8) is 0 Å². The summed E-state index contributed by atoms with van der Waals surface area (Å²) in [5, 5.41) is 9.25. The van der Waals surface area contributed by atoms with E-state index in [1.165, 1.54) is 20.3 Å². The van der Waals surface area contributed by atoms with Crippen LogP contribution in [0.5, 0.6) is 11.5 Å². The number of hydrogen-bond donors (Lipinski definition) is 0. The van der Waals surface area contributed by atoms with Crippen LogP contribution in [0.25, 0.3) is 6.08 Å². The highest BCUT2D eigenvalue weighted by Crippen LogP contribution is 2.32. The Balaban J connectivity index is 2.20. The van der Waals surface area contributed by atoms with Crippen molar-refractivity contribution < 1.29 is 19.0 Å². The lowest BCUT2D eigenvalue weighted by molar-refractivity contribution is -0.139. The number of methoxy groups -OCH3 is 2. The number of benzene rings is 2. The second-order valence-corrected chi connectivity index (χ2v) is 4.81. The van der Waals surface area contributed by atoms with E-state index in [9.17, 15) is 10.1 Å². The van der Waals surface area contributed by atoms with Gasteiger partial charge in [-0.15, -0.1) is 0 Å². The van der Waals surface area contributed by atoms with Crippen LogP contribution in [0.3, 0.4) is 0 Å². The third-order valence-electron chi connectivity index (χ3n) is 3.29. The lowest BCUT2D eigenvalue weighted by Gasteiger charge is -2.10. The minimum Gasteiger partial charge on any atom is -0.493 e. The molecule has 2 rings (SSSR count). The molecule has 122 valence electrons. The molecule has 0 aliphatic rings. The zero-order valence-corrected chi connectivity index (χ0v) is 13.5. The molecule has 2 aromatic rings. The van der Waals surface area contributed by atoms with Gasteiger partial charge in [-0.2, -0.15) is 5.26 Å². The smallest absolute Gasteiger partial charge is 0.349 e. The van der Waals surface area contributed by atoms with Crippen LogP contribution in [-0.2, 0) is 16.1 Å². The standard InChI is InChI=1S/C19H17NO4/c1-22-17-10-6-9-15(18(17)23-2)11-16(12-20)19(21)24-13-14-7-4-3-5-8-14/h3-11H,13H2,1-2H3. The van der Waals surface area contributed by atoms with Gasteiger partial charge in [0.05, 0.1) is 14.2 Å². The molecule has 0 unspecified atom stereocenters. The van der Waals surface area contributed by atoms with E-state index >= 15 is 0 Å². The summed E-state index contributed by atoms with van der Waals surface area (Å²) in [6, 6.07) is 16.3. The van der Waals surface area contributed by atoms with Crippen LogP contribution in [0, 0.1) is 11.3 Å². The fraction of sp³-hybridized carbons (Fsp3) is 0.158. The predicted molar refractivity (Wildman–Crippen MR) is 89.4 cm³/mol. The summed E-state index contributed by atoms with van der Waals surface area (Å²) in [6.45, 7) is 0.105. The molecule has 0 radical (unpaired) electrons. The van der Waals surface area contributed by atoms with Crippen molar-refractivity contribution in [2.45, 2.75) is 6.61 Å². The van der Waals surface area contributed by atoms with Gasteiger partial charge in [-0.3, -0.25) is 0 Å². The molecule has 0 N–H and O–H groups in total. The quantitative estimate of drug-likeness (QED) is 0.463. The summed E-state index contributed by atoms with van der Waals surface area (Å²) < 4.78 is 15.7. The van der Waals surface area contributed by atoms with Gasteiger partial charge in [0, 0.05) is 5.56 Å². The second-order valence-electron chi connectivity index (χ2n) is 4.81. The molecule has 0 heterocycles. The van der Waals surface area contributed by atoms with Crippen LogP contribution < -0.4 is 9.47 Å². The van der Waals surface area contributed by atoms with E-state index < -0.39 is 5.97 Å². The topological polar surface area (TPSA) is 68.5 Å².